The van der Waals surface area contributed by atoms with Crippen LogP contribution in [0.25, 0.3) is 28.7 Å². The van der Waals surface area contributed by atoms with Gasteiger partial charge in [0.1, 0.15) is 11.6 Å². The van der Waals surface area contributed by atoms with Crippen molar-refractivity contribution in [3.8, 4) is 5.69 Å². The number of carbonyl (C=O) groups is 1. The highest BCUT2D eigenvalue weighted by molar-refractivity contribution is 5.94. The van der Waals surface area contributed by atoms with Crippen molar-refractivity contribution in [1.82, 2.24) is 14.9 Å². The molecule has 0 fully saturated rings. The number of aromatic nitrogens is 2. The normalized spacial score (nSPS) is 11.2. The monoisotopic (exact) mass is 429 g/mol. The van der Waals surface area contributed by atoms with E-state index in [2.05, 4.69) is 10.3 Å². The maximum atomic E-state index is 13.4. The molecule has 0 aliphatic carbocycles. The van der Waals surface area contributed by atoms with E-state index in [0.29, 0.717) is 28.0 Å². The SMILES string of the molecule is O=C(NCCO)c1cccc(-n2c(/C=C/c3ccc(F)cc3)nc3ccccc3c2=O)c1. The van der Waals surface area contributed by atoms with Crippen LogP contribution < -0.4 is 10.9 Å². The number of aliphatic hydroxyl groups is 1. The van der Waals surface area contributed by atoms with Gasteiger partial charge in [-0.2, -0.15) is 0 Å². The third-order valence-corrected chi connectivity index (χ3v) is 4.86. The van der Waals surface area contributed by atoms with Crippen LogP contribution in [0.5, 0.6) is 0 Å². The lowest BCUT2D eigenvalue weighted by atomic mass is 10.1. The first kappa shape index (κ1) is 21.1. The Labute approximate surface area is 183 Å². The fraction of sp³-hybridized carbons (Fsp3) is 0.0800. The Hall–Kier alpha value is -4.10. The average Bonchev–Trinajstić information content (AvgIpc) is 2.82. The molecule has 1 amide bonds. The Kier molecular flexibility index (Phi) is 6.19. The van der Waals surface area contributed by atoms with Gasteiger partial charge in [0.25, 0.3) is 11.5 Å². The summed E-state index contributed by atoms with van der Waals surface area (Å²) >= 11 is 0. The maximum Gasteiger partial charge on any atom is 0.266 e. The van der Waals surface area contributed by atoms with Crippen LogP contribution >= 0.6 is 0 Å². The number of rotatable bonds is 6. The molecule has 1 aromatic heterocycles. The number of carbonyl (C=O) groups excluding carboxylic acids is 1. The van der Waals surface area contributed by atoms with Crippen molar-refractivity contribution >= 4 is 29.0 Å². The molecule has 160 valence electrons. The topological polar surface area (TPSA) is 84.2 Å². The molecule has 2 N–H and O–H groups in total. The van der Waals surface area contributed by atoms with Crippen molar-refractivity contribution < 1.29 is 14.3 Å². The molecule has 7 heteroatoms. The number of nitrogens with one attached hydrogen (secondary N) is 1. The molecule has 0 saturated heterocycles. The van der Waals surface area contributed by atoms with Gasteiger partial charge in [0.05, 0.1) is 23.2 Å². The molecule has 32 heavy (non-hydrogen) atoms. The second-order valence-electron chi connectivity index (χ2n) is 7.04. The first-order chi connectivity index (χ1) is 15.6. The van der Waals surface area contributed by atoms with Crippen LogP contribution in [0.1, 0.15) is 21.7 Å². The number of hydrogen-bond donors (Lipinski definition) is 2. The minimum absolute atomic E-state index is 0.131. The van der Waals surface area contributed by atoms with Gasteiger partial charge in [0, 0.05) is 12.1 Å². The third kappa shape index (κ3) is 4.48. The van der Waals surface area contributed by atoms with Gasteiger partial charge in [0.2, 0.25) is 0 Å². The van der Waals surface area contributed by atoms with Gasteiger partial charge in [-0.1, -0.05) is 36.4 Å². The predicted molar refractivity (Wildman–Crippen MR) is 122 cm³/mol. The van der Waals surface area contributed by atoms with Crippen LogP contribution in [0.15, 0.2) is 77.6 Å². The molecule has 0 saturated carbocycles. The van der Waals surface area contributed by atoms with Gasteiger partial charge in [-0.15, -0.1) is 0 Å². The van der Waals surface area contributed by atoms with E-state index in [-0.39, 0.29) is 30.4 Å². The number of halogens is 1. The number of hydrogen-bond acceptors (Lipinski definition) is 4. The van der Waals surface area contributed by atoms with E-state index in [1.54, 1.807) is 72.8 Å². The zero-order chi connectivity index (χ0) is 22.5. The highest BCUT2D eigenvalue weighted by Gasteiger charge is 2.13. The summed E-state index contributed by atoms with van der Waals surface area (Å²) in [5, 5.41) is 12.0. The second-order valence-corrected chi connectivity index (χ2v) is 7.04. The molecule has 0 unspecified atom stereocenters. The first-order valence-corrected chi connectivity index (χ1v) is 10.0. The van der Waals surface area contributed by atoms with E-state index in [4.69, 9.17) is 5.11 Å². The lowest BCUT2D eigenvalue weighted by molar-refractivity contribution is 0.0944. The number of nitrogens with zero attached hydrogens (tertiary/aromatic N) is 2. The number of para-hydroxylation sites is 1. The Balaban J connectivity index is 1.85. The summed E-state index contributed by atoms with van der Waals surface area (Å²) in [5.74, 6) is -0.323. The number of fused-ring (bicyclic) bond motifs is 1. The van der Waals surface area contributed by atoms with Gasteiger partial charge < -0.3 is 10.4 Å². The average molecular weight is 429 g/mol. The van der Waals surface area contributed by atoms with Crippen LogP contribution in [0.2, 0.25) is 0 Å². The fourth-order valence-corrected chi connectivity index (χ4v) is 3.31. The van der Waals surface area contributed by atoms with Crippen LogP contribution in [-0.2, 0) is 0 Å². The number of aliphatic hydroxyl groups excluding tert-OH is 1. The lowest BCUT2D eigenvalue weighted by Crippen LogP contribution is -2.27. The molecule has 0 spiro atoms. The Morgan fingerprint density at radius 3 is 2.59 bits per heavy atom. The van der Waals surface area contributed by atoms with Gasteiger partial charge in [-0.05, 0) is 54.1 Å². The summed E-state index contributed by atoms with van der Waals surface area (Å²) in [6.45, 7) is -0.0377. The minimum Gasteiger partial charge on any atom is -0.395 e. The molecular formula is C25H20FN3O3. The second kappa shape index (κ2) is 9.36. The minimum atomic E-state index is -0.355. The van der Waals surface area contributed by atoms with Gasteiger partial charge in [-0.25, -0.2) is 9.37 Å². The summed E-state index contributed by atoms with van der Waals surface area (Å²) in [4.78, 5) is 30.3. The van der Waals surface area contributed by atoms with Crippen LogP contribution in [0.3, 0.4) is 0 Å². The third-order valence-electron chi connectivity index (χ3n) is 4.86. The van der Waals surface area contributed by atoms with Crippen LogP contribution in [0.4, 0.5) is 4.39 Å². The molecule has 3 aromatic carbocycles. The maximum absolute atomic E-state index is 13.4. The smallest absolute Gasteiger partial charge is 0.266 e. The lowest BCUT2D eigenvalue weighted by Gasteiger charge is -2.13. The first-order valence-electron chi connectivity index (χ1n) is 10.0. The standard InChI is InChI=1S/C25H20FN3O3/c26-19-11-8-17(9-12-19)10-13-23-28-22-7-2-1-6-21(22)25(32)29(23)20-5-3-4-18(16-20)24(31)27-14-15-30/h1-13,16,30H,14-15H2,(H,27,31)/b13-10+. The van der Waals surface area contributed by atoms with Crippen molar-refractivity contribution in [1.29, 1.82) is 0 Å². The molecule has 0 bridgehead atoms. The number of benzene rings is 3. The quantitative estimate of drug-likeness (QED) is 0.492. The van der Waals surface area contributed by atoms with E-state index in [1.807, 2.05) is 0 Å². The zero-order valence-corrected chi connectivity index (χ0v) is 17.0. The molecular weight excluding hydrogens is 409 g/mol. The molecule has 0 aliphatic heterocycles. The highest BCUT2D eigenvalue weighted by atomic mass is 19.1. The Bertz CT molecular complexity index is 1360. The highest BCUT2D eigenvalue weighted by Crippen LogP contribution is 2.17. The summed E-state index contributed by atoms with van der Waals surface area (Å²) in [6, 6.07) is 19.6. The van der Waals surface area contributed by atoms with E-state index in [9.17, 15) is 14.0 Å². The van der Waals surface area contributed by atoms with Crippen LogP contribution in [0, 0.1) is 5.82 Å². The summed E-state index contributed by atoms with van der Waals surface area (Å²) in [6.07, 6.45) is 3.42. The molecule has 4 rings (SSSR count). The van der Waals surface area contributed by atoms with E-state index < -0.39 is 0 Å². The summed E-state index contributed by atoms with van der Waals surface area (Å²) < 4.78 is 14.7. The summed E-state index contributed by atoms with van der Waals surface area (Å²) in [5.41, 5.74) is 1.84. The van der Waals surface area contributed by atoms with Crippen molar-refractivity contribution in [2.24, 2.45) is 0 Å². The van der Waals surface area contributed by atoms with Crippen molar-refractivity contribution in [3.63, 3.8) is 0 Å². The van der Waals surface area contributed by atoms with Crippen molar-refractivity contribution in [3.05, 3.63) is 106 Å². The van der Waals surface area contributed by atoms with Gasteiger partial charge in [0.15, 0.2) is 0 Å². The van der Waals surface area contributed by atoms with E-state index in [1.165, 1.54) is 16.7 Å². The molecule has 1 heterocycles. The van der Waals surface area contributed by atoms with Gasteiger partial charge in [-0.3, -0.25) is 14.2 Å². The largest absolute Gasteiger partial charge is 0.395 e. The van der Waals surface area contributed by atoms with E-state index in [0.717, 1.165) is 5.56 Å². The predicted octanol–water partition coefficient (Wildman–Crippen LogP) is 3.42. The van der Waals surface area contributed by atoms with Crippen molar-refractivity contribution in [2.75, 3.05) is 13.2 Å². The summed E-state index contributed by atoms with van der Waals surface area (Å²) in [7, 11) is 0. The zero-order valence-electron chi connectivity index (χ0n) is 17.0. The Morgan fingerprint density at radius 2 is 1.81 bits per heavy atom. The van der Waals surface area contributed by atoms with Crippen LogP contribution in [-0.4, -0.2) is 33.7 Å². The molecule has 0 atom stereocenters. The number of amides is 1. The Morgan fingerprint density at radius 1 is 1.03 bits per heavy atom. The van der Waals surface area contributed by atoms with Crippen molar-refractivity contribution in [2.45, 2.75) is 0 Å². The fourth-order valence-electron chi connectivity index (χ4n) is 3.31. The molecule has 0 radical (unpaired) electrons. The molecule has 6 nitrogen and oxygen atoms in total. The van der Waals surface area contributed by atoms with Gasteiger partial charge >= 0.3 is 0 Å². The molecule has 4 aromatic rings. The molecule has 0 aliphatic rings. The van der Waals surface area contributed by atoms with E-state index >= 15 is 0 Å².